The van der Waals surface area contributed by atoms with Crippen LogP contribution in [0, 0.1) is 0 Å². The summed E-state index contributed by atoms with van der Waals surface area (Å²) in [6.45, 7) is 0. The molecule has 0 aliphatic rings. The smallest absolute Gasteiger partial charge is 0.274 e. The monoisotopic (exact) mass is 311 g/mol. The van der Waals surface area contributed by atoms with Crippen molar-refractivity contribution in [1.29, 1.82) is 0 Å². The van der Waals surface area contributed by atoms with Gasteiger partial charge in [-0.2, -0.15) is 5.10 Å². The second-order valence-corrected chi connectivity index (χ2v) is 5.16. The van der Waals surface area contributed by atoms with Crippen LogP contribution in [0.3, 0.4) is 0 Å². The lowest BCUT2D eigenvalue weighted by Crippen LogP contribution is -2.20. The zero-order valence-electron chi connectivity index (χ0n) is 13.2. The Bertz CT molecular complexity index is 948. The van der Waals surface area contributed by atoms with E-state index in [2.05, 4.69) is 5.10 Å². The number of benzene rings is 2. The molecule has 0 bridgehead atoms. The second kappa shape index (κ2) is 5.64. The minimum absolute atomic E-state index is 0.200. The van der Waals surface area contributed by atoms with Crippen molar-refractivity contribution in [2.45, 2.75) is 0 Å². The van der Waals surface area contributed by atoms with Crippen LogP contribution >= 0.6 is 0 Å². The van der Waals surface area contributed by atoms with Crippen LogP contribution in [0.1, 0.15) is 0 Å². The highest BCUT2D eigenvalue weighted by Crippen LogP contribution is 2.34. The molecule has 0 saturated heterocycles. The Morgan fingerprint density at radius 2 is 1.70 bits per heavy atom. The topological polar surface area (TPSA) is 79.4 Å². The van der Waals surface area contributed by atoms with E-state index in [0.717, 1.165) is 5.56 Å². The second-order valence-electron chi connectivity index (χ2n) is 5.16. The lowest BCUT2D eigenvalue weighted by atomic mass is 10.0. The van der Waals surface area contributed by atoms with E-state index < -0.39 is 0 Å². The third-order valence-corrected chi connectivity index (χ3v) is 3.71. The van der Waals surface area contributed by atoms with Crippen molar-refractivity contribution in [3.63, 3.8) is 0 Å². The van der Waals surface area contributed by atoms with Crippen LogP contribution in [-0.4, -0.2) is 24.0 Å². The molecule has 0 saturated carbocycles. The molecule has 6 nitrogen and oxygen atoms in total. The number of rotatable bonds is 3. The highest BCUT2D eigenvalue weighted by Gasteiger charge is 2.15. The fourth-order valence-electron chi connectivity index (χ4n) is 2.57. The molecular formula is C17H17N3O3. The Hall–Kier alpha value is -3.02. The first-order valence-electron chi connectivity index (χ1n) is 7.04. The lowest BCUT2D eigenvalue weighted by molar-refractivity contribution is 0.356. The van der Waals surface area contributed by atoms with Crippen molar-refractivity contribution in [2.75, 3.05) is 20.0 Å². The molecule has 3 rings (SSSR count). The molecule has 0 radical (unpaired) electrons. The van der Waals surface area contributed by atoms with E-state index in [0.29, 0.717) is 33.7 Å². The van der Waals surface area contributed by atoms with Gasteiger partial charge < -0.3 is 15.2 Å². The maximum absolute atomic E-state index is 12.4. The molecule has 23 heavy (non-hydrogen) atoms. The predicted molar refractivity (Wildman–Crippen MR) is 89.9 cm³/mol. The van der Waals surface area contributed by atoms with Gasteiger partial charge in [0.15, 0.2) is 11.5 Å². The molecule has 2 aromatic carbocycles. The van der Waals surface area contributed by atoms with Gasteiger partial charge in [0.1, 0.15) is 0 Å². The minimum Gasteiger partial charge on any atom is -0.493 e. The molecule has 3 aromatic rings. The van der Waals surface area contributed by atoms with Crippen LogP contribution in [0.5, 0.6) is 11.5 Å². The van der Waals surface area contributed by atoms with Gasteiger partial charge in [-0.3, -0.25) is 4.79 Å². The number of ether oxygens (including phenoxy) is 2. The number of methoxy groups -OCH3 is 2. The van der Waals surface area contributed by atoms with Crippen molar-refractivity contribution in [3.05, 3.63) is 46.8 Å². The summed E-state index contributed by atoms with van der Waals surface area (Å²) in [5, 5.41) is 5.60. The summed E-state index contributed by atoms with van der Waals surface area (Å²) >= 11 is 0. The highest BCUT2D eigenvalue weighted by atomic mass is 16.5. The zero-order valence-corrected chi connectivity index (χ0v) is 13.2. The van der Waals surface area contributed by atoms with Crippen LogP contribution in [-0.2, 0) is 7.05 Å². The Labute approximate surface area is 133 Å². The molecule has 6 heteroatoms. The summed E-state index contributed by atoms with van der Waals surface area (Å²) in [5.41, 5.74) is 7.79. The quantitative estimate of drug-likeness (QED) is 0.750. The van der Waals surface area contributed by atoms with E-state index in [4.69, 9.17) is 15.2 Å². The summed E-state index contributed by atoms with van der Waals surface area (Å²) in [6, 6.07) is 10.8. The van der Waals surface area contributed by atoms with E-state index in [-0.39, 0.29) is 5.56 Å². The largest absolute Gasteiger partial charge is 0.493 e. The Morgan fingerprint density at radius 3 is 2.30 bits per heavy atom. The molecule has 1 heterocycles. The van der Waals surface area contributed by atoms with Crippen molar-refractivity contribution >= 4 is 16.5 Å². The molecule has 0 fully saturated rings. The number of hydrogen-bond donors (Lipinski definition) is 1. The fourth-order valence-corrected chi connectivity index (χ4v) is 2.57. The van der Waals surface area contributed by atoms with Crippen LogP contribution in [0.4, 0.5) is 5.69 Å². The molecule has 0 unspecified atom stereocenters. The Balaban J connectivity index is 2.43. The van der Waals surface area contributed by atoms with Gasteiger partial charge in [-0.15, -0.1) is 0 Å². The number of hydrogen-bond acceptors (Lipinski definition) is 5. The molecular weight excluding hydrogens is 294 g/mol. The number of fused-ring (bicyclic) bond motifs is 1. The van der Waals surface area contributed by atoms with Gasteiger partial charge in [0.05, 0.1) is 25.3 Å². The SMILES string of the molecule is COc1cc2c(-c3cccc(N)c3)nn(C)c(=O)c2cc1OC. The van der Waals surface area contributed by atoms with E-state index in [9.17, 15) is 4.79 Å². The van der Waals surface area contributed by atoms with Gasteiger partial charge in [0.2, 0.25) is 0 Å². The number of anilines is 1. The van der Waals surface area contributed by atoms with Crippen molar-refractivity contribution < 1.29 is 9.47 Å². The Kier molecular flexibility index (Phi) is 3.65. The number of nitrogens with zero attached hydrogens (tertiary/aromatic N) is 2. The molecule has 118 valence electrons. The summed E-state index contributed by atoms with van der Waals surface area (Å²) in [5.74, 6) is 1.04. The minimum atomic E-state index is -0.200. The van der Waals surface area contributed by atoms with E-state index >= 15 is 0 Å². The summed E-state index contributed by atoms with van der Waals surface area (Å²) in [4.78, 5) is 12.4. The fraction of sp³-hybridized carbons (Fsp3) is 0.176. The molecule has 2 N–H and O–H groups in total. The third kappa shape index (κ3) is 2.48. The zero-order chi connectivity index (χ0) is 16.6. The van der Waals surface area contributed by atoms with Crippen LogP contribution in [0.2, 0.25) is 0 Å². The molecule has 0 amide bonds. The van der Waals surface area contributed by atoms with Crippen LogP contribution < -0.4 is 20.8 Å². The van der Waals surface area contributed by atoms with Crippen LogP contribution in [0.15, 0.2) is 41.2 Å². The van der Waals surface area contributed by atoms with Gasteiger partial charge in [-0.05, 0) is 24.3 Å². The summed E-state index contributed by atoms with van der Waals surface area (Å²) < 4.78 is 11.9. The first-order valence-corrected chi connectivity index (χ1v) is 7.04. The number of nitrogen functional groups attached to an aromatic ring is 1. The highest BCUT2D eigenvalue weighted by molar-refractivity contribution is 5.96. The van der Waals surface area contributed by atoms with Crippen LogP contribution in [0.25, 0.3) is 22.0 Å². The average Bonchev–Trinajstić information content (AvgIpc) is 2.56. The first-order chi connectivity index (χ1) is 11.0. The first kappa shape index (κ1) is 14.9. The van der Waals surface area contributed by atoms with E-state index in [1.54, 1.807) is 32.4 Å². The van der Waals surface area contributed by atoms with Gasteiger partial charge in [0, 0.05) is 23.7 Å². The third-order valence-electron chi connectivity index (χ3n) is 3.71. The van der Waals surface area contributed by atoms with Gasteiger partial charge in [-0.1, -0.05) is 12.1 Å². The average molecular weight is 311 g/mol. The molecule has 0 spiro atoms. The summed E-state index contributed by atoms with van der Waals surface area (Å²) in [6.07, 6.45) is 0. The van der Waals surface area contributed by atoms with Gasteiger partial charge in [-0.25, -0.2) is 4.68 Å². The standard InChI is InChI=1S/C17H17N3O3/c1-20-17(21)13-9-15(23-3)14(22-2)8-12(13)16(19-20)10-5-4-6-11(18)7-10/h4-9H,18H2,1-3H3. The van der Waals surface area contributed by atoms with Crippen molar-refractivity contribution in [1.82, 2.24) is 9.78 Å². The predicted octanol–water partition coefficient (Wildman–Crippen LogP) is 2.20. The van der Waals surface area contributed by atoms with E-state index in [1.165, 1.54) is 11.8 Å². The van der Waals surface area contributed by atoms with Gasteiger partial charge in [0.25, 0.3) is 5.56 Å². The summed E-state index contributed by atoms with van der Waals surface area (Å²) in [7, 11) is 4.71. The molecule has 0 atom stereocenters. The normalized spacial score (nSPS) is 10.7. The maximum atomic E-state index is 12.4. The number of aryl methyl sites for hydroxylation is 1. The van der Waals surface area contributed by atoms with Crippen molar-refractivity contribution in [2.24, 2.45) is 7.05 Å². The molecule has 0 aliphatic carbocycles. The lowest BCUT2D eigenvalue weighted by Gasteiger charge is -2.13. The van der Waals surface area contributed by atoms with E-state index in [1.807, 2.05) is 18.2 Å². The number of aromatic nitrogens is 2. The number of nitrogens with two attached hydrogens (primary N) is 1. The van der Waals surface area contributed by atoms with Gasteiger partial charge >= 0.3 is 0 Å². The maximum Gasteiger partial charge on any atom is 0.274 e. The van der Waals surface area contributed by atoms with Crippen molar-refractivity contribution in [3.8, 4) is 22.8 Å². The molecule has 1 aromatic heterocycles. The Morgan fingerprint density at radius 1 is 1.04 bits per heavy atom. The molecule has 0 aliphatic heterocycles.